The number of nitrogens with zero attached hydrogens (tertiary/aromatic N) is 1. The molecule has 0 bridgehead atoms. The Morgan fingerprint density at radius 1 is 1.23 bits per heavy atom. The van der Waals surface area contributed by atoms with Crippen molar-refractivity contribution in [2.45, 2.75) is 13.0 Å². The summed E-state index contributed by atoms with van der Waals surface area (Å²) < 4.78 is 0. The largest absolute Gasteiger partial charge is 0.347 e. The lowest BCUT2D eigenvalue weighted by molar-refractivity contribution is 0.0786. The van der Waals surface area contributed by atoms with E-state index in [4.69, 9.17) is 0 Å². The molecule has 1 aliphatic rings. The van der Waals surface area contributed by atoms with Crippen molar-refractivity contribution in [3.8, 4) is 0 Å². The molecule has 1 saturated heterocycles. The van der Waals surface area contributed by atoms with Crippen LogP contribution in [0.15, 0.2) is 41.8 Å². The molecule has 2 amide bonds. The second-order valence-electron chi connectivity index (χ2n) is 6.32. The van der Waals surface area contributed by atoms with E-state index in [0.717, 1.165) is 31.6 Å². The van der Waals surface area contributed by atoms with E-state index < -0.39 is 0 Å². The summed E-state index contributed by atoms with van der Waals surface area (Å²) in [6, 6.07) is 11.2. The van der Waals surface area contributed by atoms with Gasteiger partial charge >= 0.3 is 0 Å². The summed E-state index contributed by atoms with van der Waals surface area (Å²) in [6.07, 6.45) is 1.05. The predicted octanol–water partition coefficient (Wildman–Crippen LogP) is 2.78. The maximum absolute atomic E-state index is 12.6. The first kappa shape index (κ1) is 20.4. The van der Waals surface area contributed by atoms with Gasteiger partial charge in [-0.05, 0) is 55.1 Å². The molecule has 3 rings (SSSR count). The van der Waals surface area contributed by atoms with Gasteiger partial charge in [0, 0.05) is 25.2 Å². The van der Waals surface area contributed by atoms with Crippen LogP contribution >= 0.6 is 23.7 Å². The molecule has 0 radical (unpaired) electrons. The number of hydrogen-bond acceptors (Lipinski definition) is 4. The van der Waals surface area contributed by atoms with Crippen LogP contribution in [0.25, 0.3) is 0 Å². The van der Waals surface area contributed by atoms with Crippen molar-refractivity contribution in [3.63, 3.8) is 0 Å². The first-order valence-corrected chi connectivity index (χ1v) is 9.40. The highest BCUT2D eigenvalue weighted by molar-refractivity contribution is 7.12. The van der Waals surface area contributed by atoms with Gasteiger partial charge in [0.05, 0.1) is 4.88 Å². The predicted molar refractivity (Wildman–Crippen MR) is 107 cm³/mol. The lowest BCUT2D eigenvalue weighted by Crippen LogP contribution is -2.30. The van der Waals surface area contributed by atoms with Crippen molar-refractivity contribution in [3.05, 3.63) is 57.8 Å². The maximum atomic E-state index is 12.6. The molecular weight excluding hydrogens is 370 g/mol. The van der Waals surface area contributed by atoms with E-state index in [0.29, 0.717) is 22.9 Å². The zero-order valence-corrected chi connectivity index (χ0v) is 16.4. The van der Waals surface area contributed by atoms with Gasteiger partial charge in [-0.15, -0.1) is 23.7 Å². The van der Waals surface area contributed by atoms with Gasteiger partial charge in [0.15, 0.2) is 0 Å². The van der Waals surface area contributed by atoms with E-state index in [-0.39, 0.29) is 24.2 Å². The van der Waals surface area contributed by atoms with Gasteiger partial charge in [0.1, 0.15) is 0 Å². The van der Waals surface area contributed by atoms with Gasteiger partial charge in [0.2, 0.25) is 0 Å². The first-order valence-electron chi connectivity index (χ1n) is 8.52. The fraction of sp³-hybridized carbons (Fsp3) is 0.368. The van der Waals surface area contributed by atoms with Crippen molar-refractivity contribution in [1.82, 2.24) is 15.5 Å². The van der Waals surface area contributed by atoms with Crippen LogP contribution in [0.4, 0.5) is 0 Å². The minimum atomic E-state index is -0.0669. The van der Waals surface area contributed by atoms with Gasteiger partial charge in [-0.2, -0.15) is 0 Å². The average molecular weight is 394 g/mol. The summed E-state index contributed by atoms with van der Waals surface area (Å²) >= 11 is 1.42. The molecule has 1 aromatic heterocycles. The van der Waals surface area contributed by atoms with E-state index in [1.807, 2.05) is 47.7 Å². The highest BCUT2D eigenvalue weighted by Gasteiger charge is 2.26. The van der Waals surface area contributed by atoms with E-state index in [1.54, 1.807) is 6.07 Å². The third-order valence-electron chi connectivity index (χ3n) is 4.46. The minimum Gasteiger partial charge on any atom is -0.347 e. The van der Waals surface area contributed by atoms with E-state index in [9.17, 15) is 9.59 Å². The number of benzene rings is 1. The topological polar surface area (TPSA) is 61.4 Å². The minimum absolute atomic E-state index is 0. The number of hydrogen-bond donors (Lipinski definition) is 2. The molecule has 2 N–H and O–H groups in total. The zero-order valence-electron chi connectivity index (χ0n) is 14.7. The van der Waals surface area contributed by atoms with Crippen LogP contribution in [0.1, 0.15) is 32.0 Å². The van der Waals surface area contributed by atoms with Crippen molar-refractivity contribution in [1.29, 1.82) is 0 Å². The molecule has 0 saturated carbocycles. The zero-order chi connectivity index (χ0) is 17.6. The van der Waals surface area contributed by atoms with Gasteiger partial charge in [-0.25, -0.2) is 0 Å². The van der Waals surface area contributed by atoms with E-state index in [1.165, 1.54) is 11.3 Å². The van der Waals surface area contributed by atoms with Crippen molar-refractivity contribution in [2.75, 3.05) is 26.7 Å². The molecule has 7 heteroatoms. The Morgan fingerprint density at radius 2 is 2.00 bits per heavy atom. The molecule has 1 unspecified atom stereocenters. The lowest BCUT2D eigenvalue weighted by Gasteiger charge is -2.17. The second-order valence-corrected chi connectivity index (χ2v) is 7.27. The summed E-state index contributed by atoms with van der Waals surface area (Å²) in [5, 5.41) is 7.96. The number of halogens is 1. The highest BCUT2D eigenvalue weighted by Crippen LogP contribution is 2.18. The molecule has 1 aliphatic heterocycles. The van der Waals surface area contributed by atoms with Gasteiger partial charge in [-0.3, -0.25) is 9.59 Å². The highest BCUT2D eigenvalue weighted by atomic mass is 35.5. The standard InChI is InChI=1S/C19H23N3O2S.ClH/c1-20-11-15-8-9-22(13-15)19(24)16-6-4-14(5-7-16)12-21-18(23)17-3-2-10-25-17;/h2-7,10,15,20H,8-9,11-13H2,1H3,(H,21,23);1H. The van der Waals surface area contributed by atoms with Gasteiger partial charge < -0.3 is 15.5 Å². The smallest absolute Gasteiger partial charge is 0.261 e. The lowest BCUT2D eigenvalue weighted by atomic mass is 10.1. The number of likely N-dealkylation sites (tertiary alicyclic amines) is 1. The number of carbonyl (C=O) groups excluding carboxylic acids is 2. The third kappa shape index (κ3) is 5.06. The Morgan fingerprint density at radius 3 is 2.65 bits per heavy atom. The van der Waals surface area contributed by atoms with Crippen molar-refractivity contribution < 1.29 is 9.59 Å². The first-order chi connectivity index (χ1) is 12.2. The van der Waals surface area contributed by atoms with Crippen LogP contribution in [0.3, 0.4) is 0 Å². The molecule has 0 spiro atoms. The van der Waals surface area contributed by atoms with E-state index in [2.05, 4.69) is 10.6 Å². The number of thiophene rings is 1. The fourth-order valence-corrected chi connectivity index (χ4v) is 3.74. The molecular formula is C19H24ClN3O2S. The van der Waals surface area contributed by atoms with Gasteiger partial charge in [0.25, 0.3) is 11.8 Å². The molecule has 1 fully saturated rings. The molecule has 5 nitrogen and oxygen atoms in total. The summed E-state index contributed by atoms with van der Waals surface area (Å²) in [7, 11) is 1.94. The number of nitrogens with one attached hydrogen (secondary N) is 2. The van der Waals surface area contributed by atoms with Crippen LogP contribution in [-0.4, -0.2) is 43.4 Å². The summed E-state index contributed by atoms with van der Waals surface area (Å²) in [5.74, 6) is 0.566. The SMILES string of the molecule is CNCC1CCN(C(=O)c2ccc(CNC(=O)c3cccs3)cc2)C1.Cl. The maximum Gasteiger partial charge on any atom is 0.261 e. The van der Waals surface area contributed by atoms with Crippen LogP contribution < -0.4 is 10.6 Å². The molecule has 1 aromatic carbocycles. The Bertz CT molecular complexity index is 719. The number of amides is 2. The van der Waals surface area contributed by atoms with Crippen LogP contribution in [0, 0.1) is 5.92 Å². The van der Waals surface area contributed by atoms with E-state index >= 15 is 0 Å². The molecule has 2 heterocycles. The molecule has 1 atom stereocenters. The van der Waals surface area contributed by atoms with Crippen LogP contribution in [0.2, 0.25) is 0 Å². The Balaban J connectivity index is 0.00000243. The molecule has 2 aromatic rings. The Labute approximate surface area is 164 Å². The normalized spacial score (nSPS) is 16.2. The summed E-state index contributed by atoms with van der Waals surface area (Å²) in [6.45, 7) is 3.05. The number of rotatable bonds is 6. The monoisotopic (exact) mass is 393 g/mol. The number of carbonyl (C=O) groups is 2. The van der Waals surface area contributed by atoms with Crippen molar-refractivity contribution >= 4 is 35.6 Å². The Hall–Kier alpha value is -1.89. The fourth-order valence-electron chi connectivity index (χ4n) is 3.10. The third-order valence-corrected chi connectivity index (χ3v) is 5.33. The molecule has 26 heavy (non-hydrogen) atoms. The quantitative estimate of drug-likeness (QED) is 0.793. The average Bonchev–Trinajstić information content (AvgIpc) is 3.32. The summed E-state index contributed by atoms with van der Waals surface area (Å²) in [5.41, 5.74) is 1.69. The Kier molecular flexibility index (Phi) is 7.63. The molecule has 0 aliphatic carbocycles. The molecule has 140 valence electrons. The van der Waals surface area contributed by atoms with Crippen LogP contribution in [0.5, 0.6) is 0 Å². The van der Waals surface area contributed by atoms with Gasteiger partial charge in [-0.1, -0.05) is 18.2 Å². The van der Waals surface area contributed by atoms with Crippen LogP contribution in [-0.2, 0) is 6.54 Å². The van der Waals surface area contributed by atoms with Crippen molar-refractivity contribution in [2.24, 2.45) is 5.92 Å². The summed E-state index contributed by atoms with van der Waals surface area (Å²) in [4.78, 5) is 27.1. The second kappa shape index (κ2) is 9.71.